The first-order chi connectivity index (χ1) is 20.9. The lowest BCUT2D eigenvalue weighted by Gasteiger charge is -2.17. The summed E-state index contributed by atoms with van der Waals surface area (Å²) in [4.78, 5) is 24.8. The summed E-state index contributed by atoms with van der Waals surface area (Å²) in [5.41, 5.74) is 5.94. The van der Waals surface area contributed by atoms with E-state index in [1.165, 1.54) is 12.8 Å². The molecule has 0 saturated heterocycles. The lowest BCUT2D eigenvalue weighted by Crippen LogP contribution is -2.42. The molecular formula is C36H37N3O4. The molecule has 0 spiro atoms. The van der Waals surface area contributed by atoms with Gasteiger partial charge in [-0.2, -0.15) is 0 Å². The first-order valence-corrected chi connectivity index (χ1v) is 14.7. The summed E-state index contributed by atoms with van der Waals surface area (Å²) in [6.07, 6.45) is 4.94. The zero-order valence-corrected chi connectivity index (χ0v) is 24.1. The highest BCUT2D eigenvalue weighted by molar-refractivity contribution is 5.97. The second-order valence-corrected chi connectivity index (χ2v) is 10.9. The Kier molecular flexibility index (Phi) is 9.74. The summed E-state index contributed by atoms with van der Waals surface area (Å²) in [6, 6.07) is 31.2. The van der Waals surface area contributed by atoms with E-state index < -0.39 is 17.9 Å². The lowest BCUT2D eigenvalue weighted by molar-refractivity contribution is -0.139. The standard InChI is InChI=1S/C36H37N3O4/c1-25(28-9-5-6-10-28)37-30-17-13-29(14-18-30)35(40)39-34(36(41)42)23-26-11-15-31(16-12-26)38-32-19-21-33(22-20-32)43-24-27-7-3-2-4-8-27/h2-4,7-8,11-22,28,34,37-38H,1,5-6,9-10,23-24H2,(H,39,40)(H,41,42)/t34-/m0/s1. The van der Waals surface area contributed by atoms with Crippen LogP contribution in [0.15, 0.2) is 115 Å². The molecule has 220 valence electrons. The van der Waals surface area contributed by atoms with Crippen molar-refractivity contribution in [3.8, 4) is 5.75 Å². The molecule has 1 atom stereocenters. The number of aliphatic carboxylic acids is 1. The molecule has 43 heavy (non-hydrogen) atoms. The van der Waals surface area contributed by atoms with Gasteiger partial charge in [-0.1, -0.05) is 61.9 Å². The number of carboxylic acids is 1. The fraction of sp³-hybridized carbons (Fsp3) is 0.222. The number of allylic oxidation sites excluding steroid dienone is 1. The Balaban J connectivity index is 1.11. The Hall–Kier alpha value is -5.04. The summed E-state index contributed by atoms with van der Waals surface area (Å²) in [6.45, 7) is 4.68. The number of hydrogen-bond acceptors (Lipinski definition) is 5. The maximum atomic E-state index is 12.9. The highest BCUT2D eigenvalue weighted by Gasteiger charge is 2.22. The van der Waals surface area contributed by atoms with Crippen LogP contribution in [0.3, 0.4) is 0 Å². The molecule has 0 aromatic heterocycles. The van der Waals surface area contributed by atoms with Crippen molar-refractivity contribution in [2.75, 3.05) is 10.6 Å². The summed E-state index contributed by atoms with van der Waals surface area (Å²) in [7, 11) is 0. The van der Waals surface area contributed by atoms with Crippen molar-refractivity contribution in [3.05, 3.63) is 132 Å². The first-order valence-electron chi connectivity index (χ1n) is 14.7. The molecule has 0 aliphatic heterocycles. The van der Waals surface area contributed by atoms with Crippen LogP contribution < -0.4 is 20.7 Å². The van der Waals surface area contributed by atoms with Crippen LogP contribution >= 0.6 is 0 Å². The molecule has 1 saturated carbocycles. The van der Waals surface area contributed by atoms with Gasteiger partial charge in [0, 0.05) is 34.7 Å². The number of carbonyl (C=O) groups excluding carboxylic acids is 1. The van der Waals surface area contributed by atoms with E-state index in [4.69, 9.17) is 4.74 Å². The predicted octanol–water partition coefficient (Wildman–Crippen LogP) is 7.55. The second kappa shape index (κ2) is 14.2. The average molecular weight is 576 g/mol. The van der Waals surface area contributed by atoms with E-state index in [0.29, 0.717) is 18.1 Å². The first kappa shape index (κ1) is 29.5. The third-order valence-electron chi connectivity index (χ3n) is 7.69. The molecule has 0 heterocycles. The molecule has 1 amide bonds. The van der Waals surface area contributed by atoms with E-state index in [1.807, 2.05) is 91.0 Å². The number of nitrogens with one attached hydrogen (secondary N) is 3. The number of ether oxygens (including phenoxy) is 1. The van der Waals surface area contributed by atoms with Crippen molar-refractivity contribution in [1.29, 1.82) is 0 Å². The van der Waals surface area contributed by atoms with Crippen LogP contribution in [-0.4, -0.2) is 23.0 Å². The molecule has 5 rings (SSSR count). The summed E-state index contributed by atoms with van der Waals surface area (Å²) < 4.78 is 5.85. The van der Waals surface area contributed by atoms with Gasteiger partial charge in [-0.25, -0.2) is 4.79 Å². The van der Waals surface area contributed by atoms with Gasteiger partial charge in [0.15, 0.2) is 0 Å². The minimum absolute atomic E-state index is 0.162. The van der Waals surface area contributed by atoms with Crippen LogP contribution in [-0.2, 0) is 17.8 Å². The van der Waals surface area contributed by atoms with Crippen molar-refractivity contribution in [2.45, 2.75) is 44.8 Å². The van der Waals surface area contributed by atoms with Crippen LogP contribution in [0, 0.1) is 5.92 Å². The van der Waals surface area contributed by atoms with E-state index in [0.717, 1.165) is 52.5 Å². The molecular weight excluding hydrogens is 538 g/mol. The smallest absolute Gasteiger partial charge is 0.326 e. The Bertz CT molecular complexity index is 1510. The summed E-state index contributed by atoms with van der Waals surface area (Å²) in [5.74, 6) is -0.246. The average Bonchev–Trinajstić information content (AvgIpc) is 3.58. The Morgan fingerprint density at radius 3 is 2.02 bits per heavy atom. The van der Waals surface area contributed by atoms with Gasteiger partial charge < -0.3 is 25.8 Å². The van der Waals surface area contributed by atoms with Gasteiger partial charge in [-0.3, -0.25) is 4.79 Å². The van der Waals surface area contributed by atoms with Gasteiger partial charge in [-0.05, 0) is 90.6 Å². The van der Waals surface area contributed by atoms with E-state index in [-0.39, 0.29) is 6.42 Å². The van der Waals surface area contributed by atoms with Crippen LogP contribution in [0.4, 0.5) is 17.1 Å². The number of amides is 1. The Morgan fingerprint density at radius 1 is 0.791 bits per heavy atom. The van der Waals surface area contributed by atoms with Crippen molar-refractivity contribution in [3.63, 3.8) is 0 Å². The molecule has 7 nitrogen and oxygen atoms in total. The number of rotatable bonds is 13. The van der Waals surface area contributed by atoms with E-state index in [9.17, 15) is 14.7 Å². The molecule has 4 aromatic carbocycles. The molecule has 0 unspecified atom stereocenters. The molecule has 0 radical (unpaired) electrons. The molecule has 1 fully saturated rings. The fourth-order valence-corrected chi connectivity index (χ4v) is 5.21. The number of benzene rings is 4. The van der Waals surface area contributed by atoms with Crippen molar-refractivity contribution < 1.29 is 19.4 Å². The number of anilines is 3. The maximum Gasteiger partial charge on any atom is 0.326 e. The largest absolute Gasteiger partial charge is 0.489 e. The summed E-state index contributed by atoms with van der Waals surface area (Å²) in [5, 5.41) is 19.1. The summed E-state index contributed by atoms with van der Waals surface area (Å²) >= 11 is 0. The maximum absolute atomic E-state index is 12.9. The lowest BCUT2D eigenvalue weighted by atomic mass is 10.0. The topological polar surface area (TPSA) is 99.7 Å². The SMILES string of the molecule is C=C(Nc1ccc(C(=O)N[C@@H](Cc2ccc(Nc3ccc(OCc4ccccc4)cc3)cc2)C(=O)O)cc1)C1CCCC1. The number of carboxylic acid groups (broad SMARTS) is 1. The zero-order chi connectivity index (χ0) is 30.0. The highest BCUT2D eigenvalue weighted by atomic mass is 16.5. The van der Waals surface area contributed by atoms with Crippen LogP contribution in [0.2, 0.25) is 0 Å². The fourth-order valence-electron chi connectivity index (χ4n) is 5.21. The monoisotopic (exact) mass is 575 g/mol. The molecule has 1 aliphatic carbocycles. The molecule has 7 heteroatoms. The third-order valence-corrected chi connectivity index (χ3v) is 7.69. The Labute approximate surface area is 252 Å². The van der Waals surface area contributed by atoms with Crippen LogP contribution in [0.5, 0.6) is 5.75 Å². The molecule has 0 bridgehead atoms. The van der Waals surface area contributed by atoms with Gasteiger partial charge in [0.1, 0.15) is 18.4 Å². The molecule has 4 N–H and O–H groups in total. The third kappa shape index (κ3) is 8.49. The Morgan fingerprint density at radius 2 is 1.40 bits per heavy atom. The minimum Gasteiger partial charge on any atom is -0.489 e. The van der Waals surface area contributed by atoms with Crippen LogP contribution in [0.25, 0.3) is 0 Å². The molecule has 1 aliphatic rings. The predicted molar refractivity (Wildman–Crippen MR) is 171 cm³/mol. The number of carbonyl (C=O) groups is 2. The van der Waals surface area contributed by atoms with Crippen molar-refractivity contribution >= 4 is 28.9 Å². The van der Waals surface area contributed by atoms with Gasteiger partial charge in [0.2, 0.25) is 0 Å². The van der Waals surface area contributed by atoms with Gasteiger partial charge in [0.25, 0.3) is 5.91 Å². The van der Waals surface area contributed by atoms with Crippen molar-refractivity contribution in [2.24, 2.45) is 5.92 Å². The minimum atomic E-state index is -1.09. The van der Waals surface area contributed by atoms with E-state index in [2.05, 4.69) is 22.5 Å². The van der Waals surface area contributed by atoms with E-state index >= 15 is 0 Å². The van der Waals surface area contributed by atoms with Crippen LogP contribution in [0.1, 0.15) is 47.2 Å². The normalized spacial score (nSPS) is 13.6. The van der Waals surface area contributed by atoms with Gasteiger partial charge in [0.05, 0.1) is 0 Å². The van der Waals surface area contributed by atoms with Gasteiger partial charge >= 0.3 is 5.97 Å². The second-order valence-electron chi connectivity index (χ2n) is 10.9. The van der Waals surface area contributed by atoms with E-state index in [1.54, 1.807) is 12.1 Å². The molecule has 4 aromatic rings. The number of hydrogen-bond donors (Lipinski definition) is 4. The van der Waals surface area contributed by atoms with Gasteiger partial charge in [-0.15, -0.1) is 0 Å². The zero-order valence-electron chi connectivity index (χ0n) is 24.1. The van der Waals surface area contributed by atoms with Crippen molar-refractivity contribution in [1.82, 2.24) is 5.32 Å². The quantitative estimate of drug-likeness (QED) is 0.131. The highest BCUT2D eigenvalue weighted by Crippen LogP contribution is 2.31.